The Kier molecular flexibility index (Phi) is 7.00. The Labute approximate surface area is 162 Å². The van der Waals surface area contributed by atoms with Crippen LogP contribution in [0.4, 0.5) is 0 Å². The maximum absolute atomic E-state index is 11.9. The Morgan fingerprint density at radius 3 is 2.63 bits per heavy atom. The van der Waals surface area contributed by atoms with Crippen molar-refractivity contribution in [3.63, 3.8) is 0 Å². The molecule has 0 saturated carbocycles. The van der Waals surface area contributed by atoms with Gasteiger partial charge in [-0.3, -0.25) is 4.79 Å². The molecule has 0 atom stereocenters. The highest BCUT2D eigenvalue weighted by Gasteiger charge is 2.04. The molecule has 1 N–H and O–H groups in total. The van der Waals surface area contributed by atoms with Crippen LogP contribution in [0.1, 0.15) is 11.1 Å². The van der Waals surface area contributed by atoms with Crippen LogP contribution in [-0.4, -0.2) is 22.9 Å². The van der Waals surface area contributed by atoms with Crippen LogP contribution in [-0.2, 0) is 11.4 Å². The summed E-state index contributed by atoms with van der Waals surface area (Å²) in [6, 6.07) is 23.1. The van der Waals surface area contributed by atoms with Crippen molar-refractivity contribution in [3.8, 4) is 5.75 Å². The zero-order valence-electron chi connectivity index (χ0n) is 14.6. The molecular formula is C21H19N3O2S. The van der Waals surface area contributed by atoms with Crippen molar-refractivity contribution in [3.05, 3.63) is 90.1 Å². The normalized spacial score (nSPS) is 10.7. The lowest BCUT2D eigenvalue weighted by molar-refractivity contribution is -0.118. The number of hydrogen-bond acceptors (Lipinski definition) is 5. The van der Waals surface area contributed by atoms with Gasteiger partial charge in [0.1, 0.15) is 12.4 Å². The van der Waals surface area contributed by atoms with Crippen LogP contribution >= 0.6 is 11.8 Å². The number of rotatable bonds is 8. The SMILES string of the molecule is O=C(CSc1ccccn1)N/N=C\c1ccccc1OCc1ccccc1. The first kappa shape index (κ1) is 18.7. The Morgan fingerprint density at radius 2 is 1.81 bits per heavy atom. The number of ether oxygens (including phenoxy) is 1. The third kappa shape index (κ3) is 6.27. The smallest absolute Gasteiger partial charge is 0.250 e. The molecule has 3 aromatic rings. The molecule has 0 aliphatic carbocycles. The molecule has 5 nitrogen and oxygen atoms in total. The molecule has 136 valence electrons. The molecule has 0 bridgehead atoms. The summed E-state index contributed by atoms with van der Waals surface area (Å²) in [5, 5.41) is 4.83. The predicted molar refractivity (Wildman–Crippen MR) is 108 cm³/mol. The summed E-state index contributed by atoms with van der Waals surface area (Å²) in [7, 11) is 0. The van der Waals surface area contributed by atoms with Crippen molar-refractivity contribution in [1.29, 1.82) is 0 Å². The highest BCUT2D eigenvalue weighted by atomic mass is 32.2. The van der Waals surface area contributed by atoms with E-state index < -0.39 is 0 Å². The van der Waals surface area contributed by atoms with E-state index in [0.29, 0.717) is 12.4 Å². The van der Waals surface area contributed by atoms with E-state index in [4.69, 9.17) is 4.74 Å². The van der Waals surface area contributed by atoms with Gasteiger partial charge in [0.15, 0.2) is 0 Å². The van der Waals surface area contributed by atoms with Crippen LogP contribution < -0.4 is 10.2 Å². The first-order valence-electron chi connectivity index (χ1n) is 8.43. The average molecular weight is 377 g/mol. The second kappa shape index (κ2) is 10.1. The van der Waals surface area contributed by atoms with Gasteiger partial charge in [-0.2, -0.15) is 5.10 Å². The van der Waals surface area contributed by atoms with Crippen molar-refractivity contribution < 1.29 is 9.53 Å². The lowest BCUT2D eigenvalue weighted by Crippen LogP contribution is -2.19. The van der Waals surface area contributed by atoms with E-state index in [2.05, 4.69) is 15.5 Å². The standard InChI is InChI=1S/C21H19N3O2S/c25-20(16-27-21-12-6-7-13-22-21)24-23-14-18-10-4-5-11-19(18)26-15-17-8-2-1-3-9-17/h1-14H,15-16H2,(H,24,25)/b23-14-. The first-order chi connectivity index (χ1) is 13.3. The van der Waals surface area contributed by atoms with Gasteiger partial charge in [-0.1, -0.05) is 60.3 Å². The summed E-state index contributed by atoms with van der Waals surface area (Å²) in [5.41, 5.74) is 4.41. The van der Waals surface area contributed by atoms with E-state index in [0.717, 1.165) is 16.2 Å². The van der Waals surface area contributed by atoms with E-state index >= 15 is 0 Å². The Balaban J connectivity index is 1.51. The molecule has 0 aliphatic heterocycles. The van der Waals surface area contributed by atoms with Crippen LogP contribution in [0.2, 0.25) is 0 Å². The van der Waals surface area contributed by atoms with Crippen molar-refractivity contribution >= 4 is 23.9 Å². The Morgan fingerprint density at radius 1 is 1.04 bits per heavy atom. The highest BCUT2D eigenvalue weighted by molar-refractivity contribution is 7.99. The Bertz CT molecular complexity index is 886. The number of para-hydroxylation sites is 1. The summed E-state index contributed by atoms with van der Waals surface area (Å²) in [6.07, 6.45) is 3.29. The van der Waals surface area contributed by atoms with Crippen molar-refractivity contribution in [2.75, 3.05) is 5.75 Å². The second-order valence-electron chi connectivity index (χ2n) is 5.56. The second-order valence-corrected chi connectivity index (χ2v) is 6.56. The van der Waals surface area contributed by atoms with E-state index in [9.17, 15) is 4.79 Å². The number of nitrogens with one attached hydrogen (secondary N) is 1. The summed E-state index contributed by atoms with van der Waals surface area (Å²) >= 11 is 1.36. The molecule has 6 heteroatoms. The maximum atomic E-state index is 11.9. The van der Waals surface area contributed by atoms with Crippen LogP contribution in [0, 0.1) is 0 Å². The van der Waals surface area contributed by atoms with Crippen LogP contribution in [0.25, 0.3) is 0 Å². The van der Waals surface area contributed by atoms with Gasteiger partial charge in [0.25, 0.3) is 0 Å². The fraction of sp³-hybridized carbons (Fsp3) is 0.0952. The number of amides is 1. The number of carbonyl (C=O) groups excluding carboxylic acids is 1. The summed E-state index contributed by atoms with van der Waals surface area (Å²) in [4.78, 5) is 16.1. The molecule has 1 aromatic heterocycles. The van der Waals surface area contributed by atoms with Crippen molar-refractivity contribution in [2.45, 2.75) is 11.6 Å². The fourth-order valence-corrected chi connectivity index (χ4v) is 2.89. The number of aromatic nitrogens is 1. The minimum atomic E-state index is -0.190. The van der Waals surface area contributed by atoms with Gasteiger partial charge in [0.05, 0.1) is 17.0 Å². The largest absolute Gasteiger partial charge is 0.488 e. The van der Waals surface area contributed by atoms with Crippen LogP contribution in [0.3, 0.4) is 0 Å². The number of hydrogen-bond donors (Lipinski definition) is 1. The van der Waals surface area contributed by atoms with Gasteiger partial charge < -0.3 is 4.74 Å². The molecule has 3 rings (SSSR count). The predicted octanol–water partition coefficient (Wildman–Crippen LogP) is 3.90. The summed E-state index contributed by atoms with van der Waals surface area (Å²) < 4.78 is 5.87. The van der Waals surface area contributed by atoms with E-state index in [1.54, 1.807) is 12.4 Å². The lowest BCUT2D eigenvalue weighted by atomic mass is 10.2. The minimum absolute atomic E-state index is 0.190. The number of nitrogens with zero attached hydrogens (tertiary/aromatic N) is 2. The van der Waals surface area contributed by atoms with Gasteiger partial charge in [0, 0.05) is 11.8 Å². The Hall–Kier alpha value is -3.12. The topological polar surface area (TPSA) is 63.6 Å². The third-order valence-electron chi connectivity index (χ3n) is 3.54. The zero-order valence-corrected chi connectivity index (χ0v) is 15.4. The molecule has 2 aromatic carbocycles. The molecule has 1 heterocycles. The molecule has 1 amide bonds. The molecular weight excluding hydrogens is 358 g/mol. The van der Waals surface area contributed by atoms with Crippen LogP contribution in [0.5, 0.6) is 5.75 Å². The van der Waals surface area contributed by atoms with E-state index in [1.807, 2.05) is 72.8 Å². The first-order valence-corrected chi connectivity index (χ1v) is 9.41. The molecule has 27 heavy (non-hydrogen) atoms. The zero-order chi connectivity index (χ0) is 18.7. The molecule has 0 unspecified atom stereocenters. The van der Waals surface area contributed by atoms with Crippen molar-refractivity contribution in [2.24, 2.45) is 5.10 Å². The van der Waals surface area contributed by atoms with E-state index in [-0.39, 0.29) is 11.7 Å². The number of hydrazone groups is 1. The van der Waals surface area contributed by atoms with Gasteiger partial charge in [-0.15, -0.1) is 0 Å². The minimum Gasteiger partial charge on any atom is -0.488 e. The highest BCUT2D eigenvalue weighted by Crippen LogP contribution is 2.17. The monoisotopic (exact) mass is 377 g/mol. The number of pyridine rings is 1. The molecule has 0 saturated heterocycles. The third-order valence-corrected chi connectivity index (χ3v) is 4.48. The molecule has 0 fully saturated rings. The summed E-state index contributed by atoms with van der Waals surface area (Å²) in [6.45, 7) is 0.471. The maximum Gasteiger partial charge on any atom is 0.250 e. The van der Waals surface area contributed by atoms with Crippen LogP contribution in [0.15, 0.2) is 89.1 Å². The lowest BCUT2D eigenvalue weighted by Gasteiger charge is -2.09. The van der Waals surface area contributed by atoms with E-state index in [1.165, 1.54) is 11.8 Å². The fourth-order valence-electron chi connectivity index (χ4n) is 2.23. The average Bonchev–Trinajstić information content (AvgIpc) is 2.73. The summed E-state index contributed by atoms with van der Waals surface area (Å²) in [5.74, 6) is 0.771. The van der Waals surface area contributed by atoms with Gasteiger partial charge in [-0.05, 0) is 29.8 Å². The van der Waals surface area contributed by atoms with Crippen molar-refractivity contribution in [1.82, 2.24) is 10.4 Å². The quantitative estimate of drug-likeness (QED) is 0.367. The number of benzene rings is 2. The molecule has 0 aliphatic rings. The molecule has 0 spiro atoms. The number of thioether (sulfide) groups is 1. The van der Waals surface area contributed by atoms with Gasteiger partial charge in [0.2, 0.25) is 5.91 Å². The van der Waals surface area contributed by atoms with Gasteiger partial charge in [-0.25, -0.2) is 10.4 Å². The number of carbonyl (C=O) groups is 1. The molecule has 0 radical (unpaired) electrons. The van der Waals surface area contributed by atoms with Gasteiger partial charge >= 0.3 is 0 Å².